The third kappa shape index (κ3) is 4.11. The molecule has 1 aliphatic rings. The molecule has 0 atom stereocenters. The number of ketones is 1. The molecule has 1 fully saturated rings. The van der Waals surface area contributed by atoms with Crippen molar-refractivity contribution in [3.8, 4) is 17.0 Å². The number of nitrogens with zero attached hydrogens (tertiary/aromatic N) is 6. The topological polar surface area (TPSA) is 67.9 Å². The number of benzene rings is 2. The lowest BCUT2D eigenvalue weighted by atomic mass is 10.0. The number of hydrogen-bond acceptors (Lipinski definition) is 6. The van der Waals surface area contributed by atoms with Crippen molar-refractivity contribution in [1.29, 1.82) is 0 Å². The second-order valence-electron chi connectivity index (χ2n) is 10.1. The van der Waals surface area contributed by atoms with Gasteiger partial charge in [0.25, 0.3) is 0 Å². The predicted octanol–water partition coefficient (Wildman–Crippen LogP) is 4.38. The van der Waals surface area contributed by atoms with E-state index in [1.165, 1.54) is 0 Å². The van der Waals surface area contributed by atoms with Gasteiger partial charge in [0.15, 0.2) is 5.78 Å². The number of aryl methyl sites for hydroxylation is 2. The second-order valence-corrected chi connectivity index (χ2v) is 10.1. The van der Waals surface area contributed by atoms with Gasteiger partial charge in [0.1, 0.15) is 11.4 Å². The molecule has 0 N–H and O–H groups in total. The molecule has 0 radical (unpaired) electrons. The smallest absolute Gasteiger partial charge is 0.210 e. The zero-order chi connectivity index (χ0) is 26.4. The molecule has 2 aromatic carbocycles. The van der Waals surface area contributed by atoms with Gasteiger partial charge in [-0.25, -0.2) is 4.98 Å². The number of piperazine rings is 1. The van der Waals surface area contributed by atoms with E-state index < -0.39 is 0 Å². The molecule has 0 amide bonds. The highest BCUT2D eigenvalue weighted by Gasteiger charge is 2.23. The van der Waals surface area contributed by atoms with E-state index in [1.54, 1.807) is 7.11 Å². The molecular weight excluding hydrogens is 476 g/mol. The lowest BCUT2D eigenvalue weighted by Gasteiger charge is -2.32. The van der Waals surface area contributed by atoms with Crippen LogP contribution in [0.5, 0.6) is 5.75 Å². The predicted molar refractivity (Wildman–Crippen MR) is 150 cm³/mol. The Labute approximate surface area is 222 Å². The van der Waals surface area contributed by atoms with E-state index >= 15 is 0 Å². The summed E-state index contributed by atoms with van der Waals surface area (Å²) in [6.07, 6.45) is 4.07. The van der Waals surface area contributed by atoms with Crippen molar-refractivity contribution < 1.29 is 9.53 Å². The third-order valence-electron chi connectivity index (χ3n) is 7.65. The fraction of sp³-hybridized carbons (Fsp3) is 0.300. The van der Waals surface area contributed by atoms with E-state index in [1.807, 2.05) is 79.5 Å². The molecule has 0 aliphatic carbocycles. The Morgan fingerprint density at radius 3 is 2.58 bits per heavy atom. The molecule has 1 saturated heterocycles. The number of anilines is 1. The Bertz CT molecular complexity index is 1660. The molecule has 0 spiro atoms. The quantitative estimate of drug-likeness (QED) is 0.317. The average Bonchev–Trinajstić information content (AvgIpc) is 3.49. The molecule has 8 nitrogen and oxygen atoms in total. The molecule has 4 heterocycles. The van der Waals surface area contributed by atoms with Crippen LogP contribution in [0.4, 0.5) is 5.95 Å². The summed E-state index contributed by atoms with van der Waals surface area (Å²) in [7, 11) is 5.74. The van der Waals surface area contributed by atoms with Crippen molar-refractivity contribution in [1.82, 2.24) is 23.8 Å². The summed E-state index contributed by atoms with van der Waals surface area (Å²) in [5, 5.41) is 1.06. The molecule has 0 saturated carbocycles. The number of hydrogen-bond donors (Lipinski definition) is 0. The number of likely N-dealkylation sites (N-methyl/N-ethyl adjacent to an activating group) is 1. The molecule has 0 unspecified atom stereocenters. The van der Waals surface area contributed by atoms with Crippen LogP contribution in [0.25, 0.3) is 27.7 Å². The van der Waals surface area contributed by atoms with Crippen LogP contribution < -0.4 is 9.64 Å². The lowest BCUT2D eigenvalue weighted by Crippen LogP contribution is -2.45. The van der Waals surface area contributed by atoms with Gasteiger partial charge in [-0.05, 0) is 32.2 Å². The highest BCUT2D eigenvalue weighted by molar-refractivity contribution is 6.01. The first-order valence-corrected chi connectivity index (χ1v) is 13.0. The fourth-order valence-corrected chi connectivity index (χ4v) is 5.47. The summed E-state index contributed by atoms with van der Waals surface area (Å²) in [4.78, 5) is 27.7. The Morgan fingerprint density at radius 1 is 1.03 bits per heavy atom. The van der Waals surface area contributed by atoms with Crippen molar-refractivity contribution in [3.05, 3.63) is 77.9 Å². The van der Waals surface area contributed by atoms with Gasteiger partial charge in [-0.2, -0.15) is 0 Å². The standard InChI is InChI=1S/C30H32N6O2/c1-20-29-28(32-30(36(29)12-11-31-20)35-15-13-33(2)14-16-35)23-10-9-22(27(19-23)38-4)18-26(37)25-17-21-7-5-6-8-24(21)34(25)3/h5-12,17,19H,13-16,18H2,1-4H3. The maximum Gasteiger partial charge on any atom is 0.210 e. The molecule has 38 heavy (non-hydrogen) atoms. The van der Waals surface area contributed by atoms with Gasteiger partial charge in [0.2, 0.25) is 5.95 Å². The number of imidazole rings is 1. The van der Waals surface area contributed by atoms with Gasteiger partial charge in [-0.15, -0.1) is 0 Å². The summed E-state index contributed by atoms with van der Waals surface area (Å²) >= 11 is 0. The molecule has 5 aromatic rings. The largest absolute Gasteiger partial charge is 0.496 e. The molecule has 194 valence electrons. The van der Waals surface area contributed by atoms with Crippen LogP contribution >= 0.6 is 0 Å². The fourth-order valence-electron chi connectivity index (χ4n) is 5.47. The minimum Gasteiger partial charge on any atom is -0.496 e. The first-order chi connectivity index (χ1) is 18.4. The third-order valence-corrected chi connectivity index (χ3v) is 7.65. The zero-order valence-electron chi connectivity index (χ0n) is 22.3. The van der Waals surface area contributed by atoms with E-state index in [0.29, 0.717) is 11.4 Å². The van der Waals surface area contributed by atoms with E-state index in [2.05, 4.69) is 26.2 Å². The van der Waals surface area contributed by atoms with E-state index in [9.17, 15) is 4.79 Å². The molecular formula is C30H32N6O2. The number of fused-ring (bicyclic) bond motifs is 2. The highest BCUT2D eigenvalue weighted by atomic mass is 16.5. The highest BCUT2D eigenvalue weighted by Crippen LogP contribution is 2.34. The molecule has 6 rings (SSSR count). The van der Waals surface area contributed by atoms with Crippen molar-refractivity contribution in [2.75, 3.05) is 45.2 Å². The molecule has 3 aromatic heterocycles. The van der Waals surface area contributed by atoms with Crippen LogP contribution in [0.15, 0.2) is 60.9 Å². The minimum absolute atomic E-state index is 0.0552. The Kier molecular flexibility index (Phi) is 6.12. The van der Waals surface area contributed by atoms with Crippen molar-refractivity contribution in [2.24, 2.45) is 7.05 Å². The van der Waals surface area contributed by atoms with Gasteiger partial charge in [-0.1, -0.05) is 30.3 Å². The molecule has 0 bridgehead atoms. The zero-order valence-corrected chi connectivity index (χ0v) is 22.3. The van der Waals surface area contributed by atoms with E-state index in [-0.39, 0.29) is 12.2 Å². The summed E-state index contributed by atoms with van der Waals surface area (Å²) in [5.74, 6) is 1.67. The molecule has 8 heteroatoms. The first-order valence-electron chi connectivity index (χ1n) is 13.0. The minimum atomic E-state index is 0.0552. The van der Waals surface area contributed by atoms with Crippen LogP contribution in [-0.4, -0.2) is 70.0 Å². The summed E-state index contributed by atoms with van der Waals surface area (Å²) in [6, 6.07) is 16.0. The summed E-state index contributed by atoms with van der Waals surface area (Å²) < 4.78 is 9.90. The van der Waals surface area contributed by atoms with Gasteiger partial charge >= 0.3 is 0 Å². The number of carbonyl (C=O) groups is 1. The number of carbonyl (C=O) groups excluding carboxylic acids is 1. The van der Waals surface area contributed by atoms with Crippen molar-refractivity contribution >= 4 is 28.2 Å². The first kappa shape index (κ1) is 24.2. The van der Waals surface area contributed by atoms with Crippen molar-refractivity contribution in [3.63, 3.8) is 0 Å². The van der Waals surface area contributed by atoms with Crippen molar-refractivity contribution in [2.45, 2.75) is 13.3 Å². The number of para-hydroxylation sites is 1. The number of ether oxygens (including phenoxy) is 1. The normalized spacial score (nSPS) is 14.5. The van der Waals surface area contributed by atoms with Crippen LogP contribution in [-0.2, 0) is 13.5 Å². The summed E-state index contributed by atoms with van der Waals surface area (Å²) in [6.45, 7) is 5.87. The monoisotopic (exact) mass is 508 g/mol. The Balaban J connectivity index is 1.36. The van der Waals surface area contributed by atoms with Crippen LogP contribution in [0.2, 0.25) is 0 Å². The number of Topliss-reactive ketones (excluding diaryl/α,β-unsaturated/α-hetero) is 1. The van der Waals surface area contributed by atoms with Crippen LogP contribution in [0.3, 0.4) is 0 Å². The number of methoxy groups -OCH3 is 1. The lowest BCUT2D eigenvalue weighted by molar-refractivity contribution is 0.0984. The molecule has 1 aliphatic heterocycles. The SMILES string of the molecule is COc1cc(-c2nc(N3CCN(C)CC3)n3ccnc(C)c23)ccc1CC(=O)c1cc2ccccc2n1C. The van der Waals surface area contributed by atoms with Crippen LogP contribution in [0, 0.1) is 6.92 Å². The van der Waals surface area contributed by atoms with Gasteiger partial charge < -0.3 is 19.1 Å². The van der Waals surface area contributed by atoms with Gasteiger partial charge in [-0.3, -0.25) is 14.2 Å². The maximum atomic E-state index is 13.3. The Hall–Kier alpha value is -4.17. The summed E-state index contributed by atoms with van der Waals surface area (Å²) in [5.41, 5.74) is 6.31. The van der Waals surface area contributed by atoms with Gasteiger partial charge in [0.05, 0.1) is 24.0 Å². The van der Waals surface area contributed by atoms with E-state index in [4.69, 9.17) is 9.72 Å². The average molecular weight is 509 g/mol. The van der Waals surface area contributed by atoms with E-state index in [0.717, 1.165) is 71.1 Å². The van der Waals surface area contributed by atoms with Crippen LogP contribution in [0.1, 0.15) is 21.7 Å². The second kappa shape index (κ2) is 9.61. The number of aromatic nitrogens is 4. The Morgan fingerprint density at radius 2 is 1.82 bits per heavy atom. The number of rotatable bonds is 6. The van der Waals surface area contributed by atoms with Gasteiger partial charge in [0, 0.05) is 74.1 Å². The maximum absolute atomic E-state index is 13.3.